The van der Waals surface area contributed by atoms with Gasteiger partial charge in [0.05, 0.1) is 17.4 Å². The molecule has 1 heterocycles. The molecule has 3 aromatic carbocycles. The summed E-state index contributed by atoms with van der Waals surface area (Å²) in [6, 6.07) is 20.9. The fourth-order valence-electron chi connectivity index (χ4n) is 3.23. The minimum absolute atomic E-state index is 0.162. The van der Waals surface area contributed by atoms with Gasteiger partial charge in [0.15, 0.2) is 0 Å². The first-order valence-corrected chi connectivity index (χ1v) is 8.05. The van der Waals surface area contributed by atoms with E-state index in [9.17, 15) is 9.50 Å². The molecule has 4 nitrogen and oxygen atoms in total. The van der Waals surface area contributed by atoms with Crippen molar-refractivity contribution in [2.24, 2.45) is 5.16 Å². The zero-order valence-electron chi connectivity index (χ0n) is 13.7. The predicted molar refractivity (Wildman–Crippen MR) is 99.7 cm³/mol. The second kappa shape index (κ2) is 6.37. The number of hydrogen-bond donors (Lipinski definition) is 2. The standard InChI is InChI=1S/C21H15FN2O2/c22-15-6-11-20-18(12-15)19(13-23-26)21(14-4-2-1-3-5-14)24(20)16-7-9-17(25)10-8-16/h1-13,25-26H. The van der Waals surface area contributed by atoms with Crippen molar-refractivity contribution in [3.8, 4) is 22.7 Å². The molecule has 0 saturated carbocycles. The molecule has 0 unspecified atom stereocenters. The molecular formula is C21H15FN2O2. The summed E-state index contributed by atoms with van der Waals surface area (Å²) in [5.74, 6) is -0.206. The molecule has 128 valence electrons. The molecule has 0 radical (unpaired) electrons. The topological polar surface area (TPSA) is 57.8 Å². The van der Waals surface area contributed by atoms with E-state index < -0.39 is 0 Å². The average Bonchev–Trinajstić information content (AvgIpc) is 2.97. The van der Waals surface area contributed by atoms with E-state index >= 15 is 0 Å². The maximum absolute atomic E-state index is 13.9. The highest BCUT2D eigenvalue weighted by atomic mass is 19.1. The zero-order chi connectivity index (χ0) is 18.1. The molecule has 0 spiro atoms. The van der Waals surface area contributed by atoms with Gasteiger partial charge in [-0.3, -0.25) is 0 Å². The van der Waals surface area contributed by atoms with Gasteiger partial charge in [-0.2, -0.15) is 0 Å². The Morgan fingerprint density at radius 1 is 0.923 bits per heavy atom. The van der Waals surface area contributed by atoms with Gasteiger partial charge in [-0.25, -0.2) is 4.39 Å². The third-order valence-corrected chi connectivity index (χ3v) is 4.31. The van der Waals surface area contributed by atoms with Gasteiger partial charge in [0, 0.05) is 16.6 Å². The first-order valence-electron chi connectivity index (χ1n) is 8.05. The van der Waals surface area contributed by atoms with E-state index in [1.54, 1.807) is 30.3 Å². The zero-order valence-corrected chi connectivity index (χ0v) is 13.7. The Hall–Kier alpha value is -3.60. The van der Waals surface area contributed by atoms with E-state index in [0.29, 0.717) is 10.9 Å². The molecule has 0 atom stereocenters. The van der Waals surface area contributed by atoms with Gasteiger partial charge < -0.3 is 14.9 Å². The van der Waals surface area contributed by atoms with E-state index in [-0.39, 0.29) is 11.6 Å². The second-order valence-electron chi connectivity index (χ2n) is 5.89. The number of nitrogens with zero attached hydrogens (tertiary/aromatic N) is 2. The molecule has 0 fully saturated rings. The third kappa shape index (κ3) is 2.59. The summed E-state index contributed by atoms with van der Waals surface area (Å²) in [6.07, 6.45) is 1.32. The molecule has 0 aliphatic heterocycles. The van der Waals surface area contributed by atoms with Crippen LogP contribution >= 0.6 is 0 Å². The van der Waals surface area contributed by atoms with Crippen LogP contribution in [0.4, 0.5) is 4.39 Å². The van der Waals surface area contributed by atoms with E-state index in [0.717, 1.165) is 22.5 Å². The summed E-state index contributed by atoms with van der Waals surface area (Å²) in [5, 5.41) is 22.6. The summed E-state index contributed by atoms with van der Waals surface area (Å²) in [6.45, 7) is 0. The number of phenolic OH excluding ortho intramolecular Hbond substituents is 1. The Bertz CT molecular complexity index is 1100. The van der Waals surface area contributed by atoms with Crippen molar-refractivity contribution in [2.45, 2.75) is 0 Å². The van der Waals surface area contributed by atoms with Crippen LogP contribution in [0.25, 0.3) is 27.8 Å². The largest absolute Gasteiger partial charge is 0.508 e. The molecule has 0 amide bonds. The Morgan fingerprint density at radius 2 is 1.65 bits per heavy atom. The molecular weight excluding hydrogens is 331 g/mol. The normalized spacial score (nSPS) is 11.4. The van der Waals surface area contributed by atoms with Gasteiger partial charge >= 0.3 is 0 Å². The van der Waals surface area contributed by atoms with E-state index in [1.165, 1.54) is 18.3 Å². The maximum Gasteiger partial charge on any atom is 0.123 e. The lowest BCUT2D eigenvalue weighted by molar-refractivity contribution is 0.322. The van der Waals surface area contributed by atoms with Crippen LogP contribution in [-0.2, 0) is 0 Å². The van der Waals surface area contributed by atoms with Crippen molar-refractivity contribution in [3.63, 3.8) is 0 Å². The molecule has 5 heteroatoms. The van der Waals surface area contributed by atoms with Crippen LogP contribution in [0.3, 0.4) is 0 Å². The van der Waals surface area contributed by atoms with E-state index in [1.807, 2.05) is 34.9 Å². The monoisotopic (exact) mass is 346 g/mol. The molecule has 4 aromatic rings. The van der Waals surface area contributed by atoms with Gasteiger partial charge in [0.25, 0.3) is 0 Å². The average molecular weight is 346 g/mol. The number of hydrogen-bond acceptors (Lipinski definition) is 3. The Labute approximate surface area is 149 Å². The van der Waals surface area contributed by atoms with Crippen LogP contribution in [-0.4, -0.2) is 21.1 Å². The van der Waals surface area contributed by atoms with Crippen LogP contribution in [0, 0.1) is 5.82 Å². The van der Waals surface area contributed by atoms with Gasteiger partial charge in [0.2, 0.25) is 0 Å². The van der Waals surface area contributed by atoms with Gasteiger partial charge in [-0.1, -0.05) is 35.5 Å². The van der Waals surface area contributed by atoms with Crippen LogP contribution < -0.4 is 0 Å². The molecule has 0 aliphatic carbocycles. The first-order chi connectivity index (χ1) is 12.7. The Morgan fingerprint density at radius 3 is 2.35 bits per heavy atom. The molecule has 0 aliphatic rings. The lowest BCUT2D eigenvalue weighted by atomic mass is 10.1. The number of aromatic nitrogens is 1. The van der Waals surface area contributed by atoms with Crippen molar-refractivity contribution < 1.29 is 14.7 Å². The van der Waals surface area contributed by atoms with Crippen LogP contribution in [0.1, 0.15) is 5.56 Å². The number of oxime groups is 1. The molecule has 4 rings (SSSR count). The highest BCUT2D eigenvalue weighted by molar-refractivity contribution is 6.07. The maximum atomic E-state index is 13.9. The molecule has 0 saturated heterocycles. The van der Waals surface area contributed by atoms with Crippen LogP contribution in [0.5, 0.6) is 5.75 Å². The summed E-state index contributed by atoms with van der Waals surface area (Å²) >= 11 is 0. The second-order valence-corrected chi connectivity index (χ2v) is 5.89. The smallest absolute Gasteiger partial charge is 0.123 e. The fraction of sp³-hybridized carbons (Fsp3) is 0. The van der Waals surface area contributed by atoms with Crippen molar-refractivity contribution in [1.29, 1.82) is 0 Å². The van der Waals surface area contributed by atoms with Gasteiger partial charge in [-0.05, 0) is 48.0 Å². The number of fused-ring (bicyclic) bond motifs is 1. The van der Waals surface area contributed by atoms with Crippen molar-refractivity contribution in [1.82, 2.24) is 4.57 Å². The van der Waals surface area contributed by atoms with E-state index in [2.05, 4.69) is 5.16 Å². The van der Waals surface area contributed by atoms with Crippen LogP contribution in [0.15, 0.2) is 78.0 Å². The SMILES string of the molecule is ON=Cc1c(-c2ccccc2)n(-c2ccc(O)cc2)c2ccc(F)cc12. The molecule has 2 N–H and O–H groups in total. The summed E-state index contributed by atoms with van der Waals surface area (Å²) in [5.41, 5.74) is 3.85. The minimum atomic E-state index is -0.368. The number of phenols is 1. The van der Waals surface area contributed by atoms with E-state index in [4.69, 9.17) is 5.21 Å². The highest BCUT2D eigenvalue weighted by Crippen LogP contribution is 2.36. The lowest BCUT2D eigenvalue weighted by Gasteiger charge is -2.12. The summed E-state index contributed by atoms with van der Waals surface area (Å²) < 4.78 is 15.9. The molecule has 1 aromatic heterocycles. The number of halogens is 1. The molecule has 26 heavy (non-hydrogen) atoms. The number of benzene rings is 3. The Balaban J connectivity index is 2.16. The first kappa shape index (κ1) is 15.9. The van der Waals surface area contributed by atoms with Crippen molar-refractivity contribution in [2.75, 3.05) is 0 Å². The van der Waals surface area contributed by atoms with Gasteiger partial charge in [-0.15, -0.1) is 0 Å². The number of aromatic hydroxyl groups is 1. The lowest BCUT2D eigenvalue weighted by Crippen LogP contribution is -1.98. The van der Waals surface area contributed by atoms with Crippen molar-refractivity contribution >= 4 is 17.1 Å². The van der Waals surface area contributed by atoms with Gasteiger partial charge in [0.1, 0.15) is 11.6 Å². The minimum Gasteiger partial charge on any atom is -0.508 e. The third-order valence-electron chi connectivity index (χ3n) is 4.31. The fourth-order valence-corrected chi connectivity index (χ4v) is 3.23. The predicted octanol–water partition coefficient (Wildman–Crippen LogP) is 4.95. The quantitative estimate of drug-likeness (QED) is 0.313. The Kier molecular flexibility index (Phi) is 3.89. The van der Waals surface area contributed by atoms with Crippen molar-refractivity contribution in [3.05, 3.63) is 84.2 Å². The van der Waals surface area contributed by atoms with Crippen LogP contribution in [0.2, 0.25) is 0 Å². The highest BCUT2D eigenvalue weighted by Gasteiger charge is 2.19. The molecule has 0 bridgehead atoms. The summed E-state index contributed by atoms with van der Waals surface area (Å²) in [4.78, 5) is 0. The number of rotatable bonds is 3. The summed E-state index contributed by atoms with van der Waals surface area (Å²) in [7, 11) is 0.